The molecule has 0 saturated heterocycles. The van der Waals surface area contributed by atoms with Crippen LogP contribution in [0.5, 0.6) is 0 Å². The maximum absolute atomic E-state index is 12.9. The number of hydrogen-bond acceptors (Lipinski definition) is 3. The first kappa shape index (κ1) is 17.9. The highest BCUT2D eigenvalue weighted by Gasteiger charge is 2.50. The van der Waals surface area contributed by atoms with E-state index in [1.54, 1.807) is 0 Å². The molecule has 1 aliphatic carbocycles. The van der Waals surface area contributed by atoms with Crippen LogP contribution in [-0.2, 0) is 9.53 Å². The molecule has 0 aromatic heterocycles. The van der Waals surface area contributed by atoms with Crippen LogP contribution in [0, 0.1) is 5.92 Å². The maximum Gasteiger partial charge on any atom is 0.318 e. The Morgan fingerprint density at radius 2 is 1.80 bits per heavy atom. The van der Waals surface area contributed by atoms with Gasteiger partial charge in [0.25, 0.3) is 0 Å². The summed E-state index contributed by atoms with van der Waals surface area (Å²) < 4.78 is 6.09. The van der Waals surface area contributed by atoms with Crippen LogP contribution in [0.25, 0.3) is 0 Å². The fourth-order valence-corrected chi connectivity index (χ4v) is 4.33. The lowest BCUT2D eigenvalue weighted by Gasteiger charge is -2.43. The van der Waals surface area contributed by atoms with E-state index in [-0.39, 0.29) is 11.6 Å². The van der Waals surface area contributed by atoms with Gasteiger partial charge in [-0.15, -0.1) is 8.58 Å². The summed E-state index contributed by atoms with van der Waals surface area (Å²) in [6, 6.07) is 0. The first-order valence-corrected chi connectivity index (χ1v) is 9.07. The van der Waals surface area contributed by atoms with Crippen LogP contribution in [0.15, 0.2) is 0 Å². The van der Waals surface area contributed by atoms with E-state index in [1.165, 1.54) is 0 Å². The molecule has 0 heterocycles. The van der Waals surface area contributed by atoms with Gasteiger partial charge in [-0.25, -0.2) is 0 Å². The Bertz CT molecular complexity index is 343. The summed E-state index contributed by atoms with van der Waals surface area (Å²) in [5, 5.41) is -0.591. The van der Waals surface area contributed by atoms with E-state index >= 15 is 0 Å². The predicted molar refractivity (Wildman–Crippen MR) is 87.7 cm³/mol. The van der Waals surface area contributed by atoms with Gasteiger partial charge >= 0.3 is 5.97 Å². The second kappa shape index (κ2) is 6.32. The monoisotopic (exact) mass is 301 g/mol. The van der Waals surface area contributed by atoms with Gasteiger partial charge < -0.3 is 10.5 Å². The second-order valence-electron chi connectivity index (χ2n) is 7.19. The molecule has 0 aliphatic heterocycles. The fourth-order valence-electron chi connectivity index (χ4n) is 2.97. The number of carbonyl (C=O) groups excluding carboxylic acids is 1. The Balaban J connectivity index is 2.97. The lowest BCUT2D eigenvalue weighted by molar-refractivity contribution is -0.168. The molecule has 2 N–H and O–H groups in total. The number of hydrogen-bond donors (Lipinski definition) is 1. The minimum Gasteiger partial charge on any atom is -0.458 e. The third kappa shape index (κ3) is 3.36. The van der Waals surface area contributed by atoms with Gasteiger partial charge in [-0.1, -0.05) is 20.8 Å². The lowest BCUT2D eigenvalue weighted by atomic mass is 9.86. The smallest absolute Gasteiger partial charge is 0.318 e. The zero-order valence-corrected chi connectivity index (χ0v) is 15.0. The van der Waals surface area contributed by atoms with Crippen molar-refractivity contribution < 1.29 is 9.53 Å². The molecule has 0 aromatic carbocycles. The Kier molecular flexibility index (Phi) is 5.66. The van der Waals surface area contributed by atoms with Gasteiger partial charge in [0, 0.05) is 5.54 Å². The topological polar surface area (TPSA) is 52.3 Å². The average Bonchev–Trinajstić information content (AvgIpc) is 2.77. The van der Waals surface area contributed by atoms with Crippen LogP contribution < -0.4 is 5.73 Å². The fraction of sp³-hybridized carbons (Fsp3) is 0.938. The van der Waals surface area contributed by atoms with Gasteiger partial charge in [0.1, 0.15) is 5.60 Å². The van der Waals surface area contributed by atoms with Crippen LogP contribution in [0.2, 0.25) is 0 Å². The normalized spacial score (nSPS) is 22.4. The minimum atomic E-state index is -0.591. The van der Waals surface area contributed by atoms with Crippen LogP contribution in [0.1, 0.15) is 67.2 Å². The molecule has 118 valence electrons. The van der Waals surface area contributed by atoms with Crippen molar-refractivity contribution in [1.29, 1.82) is 0 Å². The van der Waals surface area contributed by atoms with E-state index < -0.39 is 10.7 Å². The molecule has 4 heteroatoms. The number of esters is 1. The molecule has 0 spiro atoms. The Morgan fingerprint density at radius 1 is 1.30 bits per heavy atom. The van der Waals surface area contributed by atoms with Crippen LogP contribution in [-0.4, -0.2) is 28.4 Å². The van der Waals surface area contributed by atoms with Crippen molar-refractivity contribution in [3.8, 4) is 0 Å². The summed E-state index contributed by atoms with van der Waals surface area (Å²) in [4.78, 5) is 12.9. The zero-order chi connectivity index (χ0) is 15.6. The van der Waals surface area contributed by atoms with Crippen LogP contribution >= 0.6 is 8.58 Å². The van der Waals surface area contributed by atoms with E-state index in [1.807, 2.05) is 20.8 Å². The molecule has 2 atom stereocenters. The number of ether oxygens (including phenoxy) is 1. The summed E-state index contributed by atoms with van der Waals surface area (Å²) in [6.07, 6.45) is 5.26. The molecule has 0 aromatic rings. The van der Waals surface area contributed by atoms with Gasteiger partial charge in [-0.2, -0.15) is 0 Å². The first-order valence-electron chi connectivity index (χ1n) is 7.86. The van der Waals surface area contributed by atoms with Gasteiger partial charge in [-0.05, 0) is 58.5 Å². The molecule has 0 amide bonds. The Morgan fingerprint density at radius 3 is 2.15 bits per heavy atom. The van der Waals surface area contributed by atoms with Crippen LogP contribution in [0.3, 0.4) is 0 Å². The second-order valence-corrected chi connectivity index (χ2v) is 9.25. The Hall–Kier alpha value is -0.140. The molecule has 1 rings (SSSR count). The SMILES string of the molecule is CCPC(C)(C(=O)OC1(C(C)C)CCCC1)C(C)(C)N. The van der Waals surface area contributed by atoms with E-state index in [4.69, 9.17) is 10.5 Å². The van der Waals surface area contributed by atoms with Crippen molar-refractivity contribution in [1.82, 2.24) is 0 Å². The molecule has 20 heavy (non-hydrogen) atoms. The zero-order valence-electron chi connectivity index (χ0n) is 14.0. The summed E-state index contributed by atoms with van der Waals surface area (Å²) in [6.45, 7) is 12.3. The van der Waals surface area contributed by atoms with Crippen molar-refractivity contribution in [3.63, 3.8) is 0 Å². The van der Waals surface area contributed by atoms with Crippen molar-refractivity contribution in [2.75, 3.05) is 6.16 Å². The molecule has 0 bridgehead atoms. The average molecular weight is 301 g/mol. The number of nitrogens with two attached hydrogens (primary N) is 1. The van der Waals surface area contributed by atoms with Gasteiger partial charge in [0.05, 0.1) is 5.16 Å². The van der Waals surface area contributed by atoms with E-state index in [9.17, 15) is 4.79 Å². The van der Waals surface area contributed by atoms with Crippen molar-refractivity contribution in [2.45, 2.75) is 83.5 Å². The maximum atomic E-state index is 12.9. The van der Waals surface area contributed by atoms with E-state index in [2.05, 4.69) is 20.8 Å². The van der Waals surface area contributed by atoms with Crippen molar-refractivity contribution in [2.24, 2.45) is 11.7 Å². The highest BCUT2D eigenvalue weighted by Crippen LogP contribution is 2.45. The predicted octanol–water partition coefficient (Wildman–Crippen LogP) is 3.69. The van der Waals surface area contributed by atoms with Gasteiger partial charge in [0.2, 0.25) is 0 Å². The largest absolute Gasteiger partial charge is 0.458 e. The number of carbonyl (C=O) groups is 1. The molecule has 2 unspecified atom stereocenters. The molecule has 0 radical (unpaired) electrons. The van der Waals surface area contributed by atoms with E-state index in [0.29, 0.717) is 14.5 Å². The van der Waals surface area contributed by atoms with Gasteiger partial charge in [-0.3, -0.25) is 4.79 Å². The number of rotatable bonds is 6. The third-order valence-electron chi connectivity index (χ3n) is 5.03. The van der Waals surface area contributed by atoms with Gasteiger partial charge in [0.15, 0.2) is 0 Å². The highest BCUT2D eigenvalue weighted by molar-refractivity contribution is 7.41. The molecular formula is C16H32NO2P. The summed E-state index contributed by atoms with van der Waals surface area (Å²) in [5.74, 6) is 0.268. The minimum absolute atomic E-state index is 0.0965. The van der Waals surface area contributed by atoms with Crippen molar-refractivity contribution >= 4 is 14.6 Å². The summed E-state index contributed by atoms with van der Waals surface area (Å²) in [7, 11) is 0.494. The lowest BCUT2D eigenvalue weighted by Crippen LogP contribution is -2.58. The molecule has 3 nitrogen and oxygen atoms in total. The Labute approximate surface area is 126 Å². The quantitative estimate of drug-likeness (QED) is 0.601. The first-order chi connectivity index (χ1) is 9.09. The van der Waals surface area contributed by atoms with Crippen molar-refractivity contribution in [3.05, 3.63) is 0 Å². The standard InChI is InChI=1S/C16H32NO2P/c1-7-20-15(6,14(4,5)17)13(18)19-16(12(2)3)10-8-9-11-16/h12,20H,7-11,17H2,1-6H3. The molecule has 1 saturated carbocycles. The van der Waals surface area contributed by atoms with E-state index in [0.717, 1.165) is 31.8 Å². The molecule has 1 aliphatic rings. The summed E-state index contributed by atoms with van der Waals surface area (Å²) in [5.41, 5.74) is 5.48. The third-order valence-corrected chi connectivity index (χ3v) is 6.93. The molecule has 1 fully saturated rings. The molecular weight excluding hydrogens is 269 g/mol. The highest BCUT2D eigenvalue weighted by atomic mass is 31.1. The van der Waals surface area contributed by atoms with Crippen LogP contribution in [0.4, 0.5) is 0 Å². The summed E-state index contributed by atoms with van der Waals surface area (Å²) >= 11 is 0.